The number of unbranched alkanes of at least 4 members (excludes halogenated alkanes) is 8. The van der Waals surface area contributed by atoms with Crippen LogP contribution in [0.25, 0.3) is 0 Å². The molecule has 0 aliphatic rings. The molecule has 1 unspecified atom stereocenters. The van der Waals surface area contributed by atoms with Crippen LogP contribution >= 0.6 is 0 Å². The van der Waals surface area contributed by atoms with Crippen LogP contribution in [0.4, 0.5) is 0 Å². The van der Waals surface area contributed by atoms with Crippen LogP contribution < -0.4 is 5.73 Å². The Labute approximate surface area is 156 Å². The monoisotopic (exact) mass is 351 g/mol. The molecule has 0 saturated carbocycles. The van der Waals surface area contributed by atoms with E-state index in [9.17, 15) is 4.79 Å². The number of hydrogen-bond acceptors (Lipinski definition) is 3. The second-order valence-corrected chi connectivity index (χ2v) is 6.83. The van der Waals surface area contributed by atoms with Gasteiger partial charge in [0.05, 0.1) is 0 Å². The van der Waals surface area contributed by atoms with Gasteiger partial charge >= 0.3 is 5.97 Å². The molecule has 0 aromatic rings. The van der Waals surface area contributed by atoms with Crippen molar-refractivity contribution in [1.82, 2.24) is 0 Å². The summed E-state index contributed by atoms with van der Waals surface area (Å²) in [6.07, 6.45) is 23.7. The average molecular weight is 352 g/mol. The van der Waals surface area contributed by atoms with Gasteiger partial charge < -0.3 is 10.5 Å². The van der Waals surface area contributed by atoms with Gasteiger partial charge in [-0.1, -0.05) is 70.3 Å². The van der Waals surface area contributed by atoms with Gasteiger partial charge in [0.1, 0.15) is 6.61 Å². The molecule has 0 spiro atoms. The first-order valence-electron chi connectivity index (χ1n) is 10.4. The molecule has 0 saturated heterocycles. The van der Waals surface area contributed by atoms with Crippen molar-refractivity contribution in [3.63, 3.8) is 0 Å². The SMILES string of the molecule is CCCCC/C=C\C/C=C\CCCCCCCC(=O)OCC(N)CC. The third kappa shape index (κ3) is 19.1. The zero-order valence-electron chi connectivity index (χ0n) is 16.7. The quantitative estimate of drug-likeness (QED) is 0.196. The Morgan fingerprint density at radius 2 is 1.48 bits per heavy atom. The Morgan fingerprint density at radius 1 is 0.880 bits per heavy atom. The lowest BCUT2D eigenvalue weighted by Crippen LogP contribution is -2.26. The Balaban J connectivity index is 3.30. The van der Waals surface area contributed by atoms with Gasteiger partial charge in [-0.3, -0.25) is 4.79 Å². The van der Waals surface area contributed by atoms with E-state index in [-0.39, 0.29) is 12.0 Å². The van der Waals surface area contributed by atoms with E-state index in [1.807, 2.05) is 6.92 Å². The van der Waals surface area contributed by atoms with E-state index in [0.29, 0.717) is 13.0 Å². The summed E-state index contributed by atoms with van der Waals surface area (Å²) in [5.74, 6) is -0.102. The first-order valence-corrected chi connectivity index (χ1v) is 10.4. The minimum atomic E-state index is -0.102. The molecule has 0 fully saturated rings. The predicted molar refractivity (Wildman–Crippen MR) is 109 cm³/mol. The number of nitrogens with two attached hydrogens (primary N) is 1. The summed E-state index contributed by atoms with van der Waals surface area (Å²) in [5, 5.41) is 0. The average Bonchev–Trinajstić information content (AvgIpc) is 2.62. The van der Waals surface area contributed by atoms with Crippen molar-refractivity contribution >= 4 is 5.97 Å². The smallest absolute Gasteiger partial charge is 0.305 e. The summed E-state index contributed by atoms with van der Waals surface area (Å²) in [5.41, 5.74) is 5.72. The summed E-state index contributed by atoms with van der Waals surface area (Å²) in [7, 11) is 0. The van der Waals surface area contributed by atoms with Gasteiger partial charge in [0.25, 0.3) is 0 Å². The first-order chi connectivity index (χ1) is 12.2. The number of hydrogen-bond donors (Lipinski definition) is 1. The molecule has 0 aromatic heterocycles. The van der Waals surface area contributed by atoms with E-state index < -0.39 is 0 Å². The third-order valence-corrected chi connectivity index (χ3v) is 4.31. The van der Waals surface area contributed by atoms with E-state index in [1.165, 1.54) is 51.4 Å². The molecule has 0 heterocycles. The van der Waals surface area contributed by atoms with Crippen LogP contribution in [0.2, 0.25) is 0 Å². The summed E-state index contributed by atoms with van der Waals surface area (Å²) < 4.78 is 5.14. The summed E-state index contributed by atoms with van der Waals surface area (Å²) in [4.78, 5) is 11.5. The molecular formula is C22H41NO2. The van der Waals surface area contributed by atoms with Crippen LogP contribution in [0.5, 0.6) is 0 Å². The van der Waals surface area contributed by atoms with Crippen molar-refractivity contribution < 1.29 is 9.53 Å². The topological polar surface area (TPSA) is 52.3 Å². The summed E-state index contributed by atoms with van der Waals surface area (Å²) >= 11 is 0. The van der Waals surface area contributed by atoms with E-state index in [4.69, 9.17) is 10.5 Å². The molecular weight excluding hydrogens is 310 g/mol. The van der Waals surface area contributed by atoms with Crippen LogP contribution in [0, 0.1) is 0 Å². The fraction of sp³-hybridized carbons (Fsp3) is 0.773. The fourth-order valence-corrected chi connectivity index (χ4v) is 2.47. The lowest BCUT2D eigenvalue weighted by atomic mass is 10.1. The van der Waals surface area contributed by atoms with Gasteiger partial charge in [0, 0.05) is 12.5 Å². The molecule has 1 atom stereocenters. The van der Waals surface area contributed by atoms with Crippen LogP contribution in [0.15, 0.2) is 24.3 Å². The standard InChI is InChI=1S/C22H41NO2/c1-3-5-6-7-8-9-10-11-12-13-14-15-16-17-18-19-22(24)25-20-21(23)4-2/h8-9,11-12,21H,3-7,10,13-20,23H2,1-2H3/b9-8-,12-11-. The largest absolute Gasteiger partial charge is 0.464 e. The van der Waals surface area contributed by atoms with E-state index in [0.717, 1.165) is 25.7 Å². The zero-order valence-corrected chi connectivity index (χ0v) is 16.7. The van der Waals surface area contributed by atoms with E-state index in [2.05, 4.69) is 31.2 Å². The fourth-order valence-electron chi connectivity index (χ4n) is 2.47. The van der Waals surface area contributed by atoms with Crippen LogP contribution in [0.1, 0.15) is 97.3 Å². The van der Waals surface area contributed by atoms with E-state index >= 15 is 0 Å². The molecule has 0 rings (SSSR count). The molecule has 2 N–H and O–H groups in total. The predicted octanol–water partition coefficient (Wildman–Crippen LogP) is 6.08. The Hall–Kier alpha value is -1.09. The van der Waals surface area contributed by atoms with Gasteiger partial charge in [-0.25, -0.2) is 0 Å². The number of esters is 1. The summed E-state index contributed by atoms with van der Waals surface area (Å²) in [6.45, 7) is 4.60. The highest BCUT2D eigenvalue weighted by molar-refractivity contribution is 5.69. The molecule has 0 radical (unpaired) electrons. The van der Waals surface area contributed by atoms with Crippen LogP contribution in [0.3, 0.4) is 0 Å². The van der Waals surface area contributed by atoms with Crippen molar-refractivity contribution in [1.29, 1.82) is 0 Å². The highest BCUT2D eigenvalue weighted by Crippen LogP contribution is 2.09. The zero-order chi connectivity index (χ0) is 18.6. The summed E-state index contributed by atoms with van der Waals surface area (Å²) in [6, 6.07) is -0.0199. The molecule has 0 aromatic carbocycles. The number of carbonyl (C=O) groups is 1. The maximum absolute atomic E-state index is 11.5. The van der Waals surface area contributed by atoms with Crippen molar-refractivity contribution in [3.05, 3.63) is 24.3 Å². The molecule has 0 aliphatic carbocycles. The Morgan fingerprint density at radius 3 is 2.12 bits per heavy atom. The van der Waals surface area contributed by atoms with Crippen molar-refractivity contribution in [2.24, 2.45) is 5.73 Å². The van der Waals surface area contributed by atoms with Crippen LogP contribution in [-0.2, 0) is 9.53 Å². The van der Waals surface area contributed by atoms with E-state index in [1.54, 1.807) is 0 Å². The number of ether oxygens (including phenoxy) is 1. The second kappa shape index (κ2) is 19.2. The van der Waals surface area contributed by atoms with Crippen molar-refractivity contribution in [2.45, 2.75) is 103 Å². The highest BCUT2D eigenvalue weighted by atomic mass is 16.5. The van der Waals surface area contributed by atoms with Gasteiger partial charge in [-0.15, -0.1) is 0 Å². The maximum Gasteiger partial charge on any atom is 0.305 e. The molecule has 0 aliphatic heterocycles. The van der Waals surface area contributed by atoms with Crippen LogP contribution in [-0.4, -0.2) is 18.6 Å². The van der Waals surface area contributed by atoms with Gasteiger partial charge in [0.15, 0.2) is 0 Å². The lowest BCUT2D eigenvalue weighted by Gasteiger charge is -2.09. The second-order valence-electron chi connectivity index (χ2n) is 6.83. The Kier molecular flexibility index (Phi) is 18.4. The minimum absolute atomic E-state index is 0.0199. The molecule has 0 amide bonds. The highest BCUT2D eigenvalue weighted by Gasteiger charge is 2.05. The van der Waals surface area contributed by atoms with Gasteiger partial charge in [0.2, 0.25) is 0 Å². The molecule has 3 nitrogen and oxygen atoms in total. The minimum Gasteiger partial charge on any atom is -0.464 e. The van der Waals surface area contributed by atoms with Gasteiger partial charge in [-0.2, -0.15) is 0 Å². The van der Waals surface area contributed by atoms with Crippen molar-refractivity contribution in [2.75, 3.05) is 6.61 Å². The first kappa shape index (κ1) is 23.9. The van der Waals surface area contributed by atoms with Gasteiger partial charge in [-0.05, 0) is 44.9 Å². The molecule has 25 heavy (non-hydrogen) atoms. The molecule has 0 bridgehead atoms. The maximum atomic E-state index is 11.5. The lowest BCUT2D eigenvalue weighted by molar-refractivity contribution is -0.144. The van der Waals surface area contributed by atoms with Crippen molar-refractivity contribution in [3.8, 4) is 0 Å². The Bertz CT molecular complexity index is 350. The number of carbonyl (C=O) groups excluding carboxylic acids is 1. The third-order valence-electron chi connectivity index (χ3n) is 4.31. The number of rotatable bonds is 17. The molecule has 146 valence electrons. The molecule has 3 heteroatoms. The number of allylic oxidation sites excluding steroid dienone is 4. The normalized spacial score (nSPS) is 12.9.